The summed E-state index contributed by atoms with van der Waals surface area (Å²) in [7, 11) is 0. The first-order valence-corrected chi connectivity index (χ1v) is 10.1. The molecular formula is C21H22N2O3S. The number of carbonyl (C=O) groups is 2. The summed E-state index contributed by atoms with van der Waals surface area (Å²) in [6.07, 6.45) is 6.31. The summed E-state index contributed by atoms with van der Waals surface area (Å²) in [5.41, 5.74) is 1.21. The number of hydrogen-bond donors (Lipinski definition) is 0. The van der Waals surface area contributed by atoms with Crippen molar-refractivity contribution in [3.05, 3.63) is 58.6 Å². The third kappa shape index (κ3) is 3.18. The number of hydrogen-bond acceptors (Lipinski definition) is 5. The summed E-state index contributed by atoms with van der Waals surface area (Å²) in [6.45, 7) is 5.80. The lowest BCUT2D eigenvalue weighted by Gasteiger charge is -2.36. The quantitative estimate of drug-likeness (QED) is 0.597. The van der Waals surface area contributed by atoms with E-state index in [0.717, 1.165) is 36.9 Å². The number of ether oxygens (including phenoxy) is 1. The zero-order valence-corrected chi connectivity index (χ0v) is 16.2. The molecule has 1 aliphatic carbocycles. The van der Waals surface area contributed by atoms with Gasteiger partial charge in [0.15, 0.2) is 10.7 Å². The first-order valence-electron chi connectivity index (χ1n) is 9.24. The predicted molar refractivity (Wildman–Crippen MR) is 105 cm³/mol. The normalized spacial score (nSPS) is 21.0. The van der Waals surface area contributed by atoms with Gasteiger partial charge in [-0.05, 0) is 44.2 Å². The van der Waals surface area contributed by atoms with Crippen LogP contribution in [-0.2, 0) is 28.8 Å². The lowest BCUT2D eigenvalue weighted by Crippen LogP contribution is -2.53. The molecule has 4 rings (SSSR count). The van der Waals surface area contributed by atoms with E-state index in [1.807, 2.05) is 12.1 Å². The smallest absolute Gasteiger partial charge is 0.339 e. The van der Waals surface area contributed by atoms with Gasteiger partial charge in [0.25, 0.3) is 5.91 Å². The molecule has 6 heteroatoms. The molecule has 0 saturated carbocycles. The molecule has 1 amide bonds. The second-order valence-electron chi connectivity index (χ2n) is 7.23. The average Bonchev–Trinajstić information content (AvgIpc) is 3.09. The number of anilines is 1. The van der Waals surface area contributed by atoms with Crippen LogP contribution in [-0.4, -0.2) is 29.0 Å². The third-order valence-corrected chi connectivity index (χ3v) is 6.34. The molecule has 1 aromatic carbocycles. The maximum atomic E-state index is 13.4. The standard InChI is InChI=1S/C21H22N2O3S/c1-3-12-23(20-22-16-10-6-7-11-17(16)27-20)19(25)21(2)13-14-8-4-5-9-15(14)18(24)26-21/h3-5,8-9H,1,6-7,10-13H2,2H3. The highest BCUT2D eigenvalue weighted by atomic mass is 32.1. The van der Waals surface area contributed by atoms with Crippen molar-refractivity contribution in [2.75, 3.05) is 11.4 Å². The van der Waals surface area contributed by atoms with Gasteiger partial charge in [0.2, 0.25) is 0 Å². The molecule has 2 aliphatic rings. The molecule has 1 unspecified atom stereocenters. The number of fused-ring (bicyclic) bond motifs is 2. The van der Waals surface area contributed by atoms with E-state index in [2.05, 4.69) is 6.58 Å². The molecule has 140 valence electrons. The monoisotopic (exact) mass is 382 g/mol. The van der Waals surface area contributed by atoms with Gasteiger partial charge in [-0.25, -0.2) is 9.78 Å². The third-order valence-electron chi connectivity index (χ3n) is 5.16. The molecule has 0 radical (unpaired) electrons. The first-order chi connectivity index (χ1) is 13.0. The Morgan fingerprint density at radius 3 is 2.93 bits per heavy atom. The maximum Gasteiger partial charge on any atom is 0.339 e. The second-order valence-corrected chi connectivity index (χ2v) is 8.29. The fraction of sp³-hybridized carbons (Fsp3) is 0.381. The van der Waals surface area contributed by atoms with Gasteiger partial charge in [-0.1, -0.05) is 24.3 Å². The lowest BCUT2D eigenvalue weighted by molar-refractivity contribution is -0.136. The average molecular weight is 382 g/mol. The van der Waals surface area contributed by atoms with Gasteiger partial charge >= 0.3 is 5.97 Å². The summed E-state index contributed by atoms with van der Waals surface area (Å²) in [6, 6.07) is 7.28. The van der Waals surface area contributed by atoms with E-state index in [9.17, 15) is 9.59 Å². The van der Waals surface area contributed by atoms with E-state index < -0.39 is 11.6 Å². The molecule has 0 saturated heterocycles. The van der Waals surface area contributed by atoms with Crippen LogP contribution in [0.25, 0.3) is 0 Å². The van der Waals surface area contributed by atoms with Crippen LogP contribution in [0.4, 0.5) is 5.13 Å². The van der Waals surface area contributed by atoms with Crippen LogP contribution in [0.3, 0.4) is 0 Å². The summed E-state index contributed by atoms with van der Waals surface area (Å²) in [5, 5.41) is 0.669. The second kappa shape index (κ2) is 6.93. The van der Waals surface area contributed by atoms with Gasteiger partial charge in [0.05, 0.1) is 11.3 Å². The zero-order chi connectivity index (χ0) is 19.0. The van der Waals surface area contributed by atoms with Crippen molar-refractivity contribution in [3.8, 4) is 0 Å². The molecule has 0 bridgehead atoms. The molecule has 2 aromatic rings. The van der Waals surface area contributed by atoms with E-state index in [-0.39, 0.29) is 5.91 Å². The van der Waals surface area contributed by atoms with Crippen molar-refractivity contribution < 1.29 is 14.3 Å². The van der Waals surface area contributed by atoms with Crippen LogP contribution in [0, 0.1) is 0 Å². The number of rotatable bonds is 4. The maximum absolute atomic E-state index is 13.4. The number of nitrogens with zero attached hydrogens (tertiary/aromatic N) is 2. The largest absolute Gasteiger partial charge is 0.445 e. The van der Waals surface area contributed by atoms with Gasteiger partial charge in [-0.3, -0.25) is 9.69 Å². The van der Waals surface area contributed by atoms with Gasteiger partial charge in [0, 0.05) is 17.8 Å². The number of esters is 1. The topological polar surface area (TPSA) is 59.5 Å². The summed E-state index contributed by atoms with van der Waals surface area (Å²) < 4.78 is 5.63. The molecule has 1 atom stereocenters. The van der Waals surface area contributed by atoms with Crippen LogP contribution >= 0.6 is 11.3 Å². The van der Waals surface area contributed by atoms with Gasteiger partial charge in [0.1, 0.15) is 0 Å². The Hall–Kier alpha value is -2.47. The Bertz CT molecular complexity index is 896. The van der Waals surface area contributed by atoms with E-state index in [1.165, 1.54) is 4.88 Å². The molecule has 5 nitrogen and oxygen atoms in total. The van der Waals surface area contributed by atoms with E-state index in [0.29, 0.717) is 23.7 Å². The Kier molecular flexibility index (Phi) is 4.60. The molecule has 2 heterocycles. The predicted octanol–water partition coefficient (Wildman–Crippen LogP) is 3.71. The lowest BCUT2D eigenvalue weighted by atomic mass is 9.89. The molecule has 0 N–H and O–H groups in total. The Labute approximate surface area is 162 Å². The number of aryl methyl sites for hydroxylation is 2. The molecule has 0 spiro atoms. The van der Waals surface area contributed by atoms with Crippen LogP contribution in [0.2, 0.25) is 0 Å². The number of thiazole rings is 1. The minimum Gasteiger partial charge on any atom is -0.445 e. The minimum atomic E-state index is -1.25. The molecule has 0 fully saturated rings. The van der Waals surface area contributed by atoms with Crippen molar-refractivity contribution in [3.63, 3.8) is 0 Å². The number of amides is 1. The molecule has 1 aromatic heterocycles. The van der Waals surface area contributed by atoms with Crippen LogP contribution in [0.5, 0.6) is 0 Å². The van der Waals surface area contributed by atoms with Crippen molar-refractivity contribution in [2.24, 2.45) is 0 Å². The van der Waals surface area contributed by atoms with Crippen LogP contribution in [0.1, 0.15) is 46.3 Å². The van der Waals surface area contributed by atoms with Crippen molar-refractivity contribution >= 4 is 28.3 Å². The highest BCUT2D eigenvalue weighted by molar-refractivity contribution is 7.16. The molecule has 1 aliphatic heterocycles. The number of carbonyl (C=O) groups excluding carboxylic acids is 2. The SMILES string of the molecule is C=CCN(C(=O)C1(C)Cc2ccccc2C(=O)O1)c1nc2c(s1)CCCC2. The minimum absolute atomic E-state index is 0.253. The highest BCUT2D eigenvalue weighted by Gasteiger charge is 2.45. The number of aromatic nitrogens is 1. The van der Waals surface area contributed by atoms with E-state index >= 15 is 0 Å². The van der Waals surface area contributed by atoms with E-state index in [4.69, 9.17) is 9.72 Å². The highest BCUT2D eigenvalue weighted by Crippen LogP contribution is 2.35. The summed E-state index contributed by atoms with van der Waals surface area (Å²) >= 11 is 1.57. The van der Waals surface area contributed by atoms with Crippen LogP contribution in [0.15, 0.2) is 36.9 Å². The zero-order valence-electron chi connectivity index (χ0n) is 15.4. The van der Waals surface area contributed by atoms with Gasteiger partial charge in [-0.2, -0.15) is 0 Å². The van der Waals surface area contributed by atoms with Crippen molar-refractivity contribution in [1.82, 2.24) is 4.98 Å². The number of cyclic esters (lactones) is 1. The fourth-order valence-electron chi connectivity index (χ4n) is 3.77. The summed E-state index contributed by atoms with van der Waals surface area (Å²) in [4.78, 5) is 33.5. The van der Waals surface area contributed by atoms with Gasteiger partial charge < -0.3 is 4.74 Å². The first kappa shape index (κ1) is 17.9. The summed E-state index contributed by atoms with van der Waals surface area (Å²) in [5.74, 6) is -0.707. The van der Waals surface area contributed by atoms with Crippen molar-refractivity contribution in [2.45, 2.75) is 44.6 Å². The molecule has 27 heavy (non-hydrogen) atoms. The fourth-order valence-corrected chi connectivity index (χ4v) is 4.92. The van der Waals surface area contributed by atoms with Crippen molar-refractivity contribution in [1.29, 1.82) is 0 Å². The van der Waals surface area contributed by atoms with Gasteiger partial charge in [-0.15, -0.1) is 17.9 Å². The Morgan fingerprint density at radius 2 is 2.15 bits per heavy atom. The van der Waals surface area contributed by atoms with Crippen LogP contribution < -0.4 is 4.90 Å². The Morgan fingerprint density at radius 1 is 1.37 bits per heavy atom. The molecular weight excluding hydrogens is 360 g/mol. The Balaban J connectivity index is 1.67. The van der Waals surface area contributed by atoms with E-state index in [1.54, 1.807) is 41.4 Å². The number of benzene rings is 1.